The van der Waals surface area contributed by atoms with Gasteiger partial charge in [-0.25, -0.2) is 9.97 Å². The molecular formula is C13H13N3O2. The summed E-state index contributed by atoms with van der Waals surface area (Å²) in [6.07, 6.45) is 3.80. The van der Waals surface area contributed by atoms with Gasteiger partial charge >= 0.3 is 0 Å². The number of aliphatic hydroxyl groups is 1. The lowest BCUT2D eigenvalue weighted by Gasteiger charge is -2.05. The summed E-state index contributed by atoms with van der Waals surface area (Å²) in [7, 11) is 1.94. The molecule has 0 fully saturated rings. The van der Waals surface area contributed by atoms with E-state index in [4.69, 9.17) is 9.52 Å². The first kappa shape index (κ1) is 11.0. The van der Waals surface area contributed by atoms with Crippen molar-refractivity contribution in [2.24, 2.45) is 7.05 Å². The molecule has 0 aliphatic heterocycles. The molecule has 0 saturated carbocycles. The topological polar surface area (TPSA) is 64.1 Å². The fourth-order valence-electron chi connectivity index (χ4n) is 2.06. The van der Waals surface area contributed by atoms with Gasteiger partial charge in [0.25, 0.3) is 0 Å². The lowest BCUT2D eigenvalue weighted by atomic mass is 10.1. The van der Waals surface area contributed by atoms with Gasteiger partial charge in [0.1, 0.15) is 11.3 Å². The van der Waals surface area contributed by atoms with Crippen molar-refractivity contribution < 1.29 is 9.52 Å². The second-order valence-corrected chi connectivity index (χ2v) is 4.13. The minimum atomic E-state index is 0.103. The van der Waals surface area contributed by atoms with Gasteiger partial charge in [0.15, 0.2) is 12.0 Å². The Balaban J connectivity index is 2.07. The normalized spacial score (nSPS) is 11.2. The minimum absolute atomic E-state index is 0.103. The number of hydrogen-bond donors (Lipinski definition) is 1. The second-order valence-electron chi connectivity index (χ2n) is 4.13. The Hall–Kier alpha value is -2.14. The molecule has 92 valence electrons. The molecule has 0 radical (unpaired) electrons. The SMILES string of the molecule is Cn1c(-c2ccc3ncoc3c2)cnc1CCO. The Morgan fingerprint density at radius 1 is 1.33 bits per heavy atom. The number of fused-ring (bicyclic) bond motifs is 1. The molecule has 5 heteroatoms. The van der Waals surface area contributed by atoms with Crippen LogP contribution in [0.1, 0.15) is 5.82 Å². The molecule has 1 aromatic carbocycles. The molecule has 0 atom stereocenters. The Labute approximate surface area is 104 Å². The summed E-state index contributed by atoms with van der Waals surface area (Å²) in [5, 5.41) is 8.96. The summed E-state index contributed by atoms with van der Waals surface area (Å²) in [6, 6.07) is 5.86. The highest BCUT2D eigenvalue weighted by molar-refractivity contribution is 5.78. The highest BCUT2D eigenvalue weighted by Crippen LogP contribution is 2.24. The molecule has 0 aliphatic carbocycles. The molecule has 2 heterocycles. The molecule has 0 saturated heterocycles. The van der Waals surface area contributed by atoms with Crippen LogP contribution in [0.5, 0.6) is 0 Å². The number of hydrogen-bond acceptors (Lipinski definition) is 4. The number of benzene rings is 1. The number of imidazole rings is 1. The van der Waals surface area contributed by atoms with Crippen LogP contribution in [0.25, 0.3) is 22.4 Å². The number of oxazole rings is 1. The Morgan fingerprint density at radius 2 is 2.22 bits per heavy atom. The van der Waals surface area contributed by atoms with E-state index < -0.39 is 0 Å². The van der Waals surface area contributed by atoms with E-state index in [1.165, 1.54) is 6.39 Å². The summed E-state index contributed by atoms with van der Waals surface area (Å²) in [5.74, 6) is 0.866. The average Bonchev–Trinajstić information content (AvgIpc) is 2.97. The van der Waals surface area contributed by atoms with E-state index in [1.54, 1.807) is 0 Å². The lowest BCUT2D eigenvalue weighted by molar-refractivity contribution is 0.295. The van der Waals surface area contributed by atoms with Crippen LogP contribution in [0, 0.1) is 0 Å². The zero-order valence-corrected chi connectivity index (χ0v) is 10.00. The van der Waals surface area contributed by atoms with Crippen molar-refractivity contribution >= 4 is 11.1 Å². The highest BCUT2D eigenvalue weighted by atomic mass is 16.3. The van der Waals surface area contributed by atoms with Crippen LogP contribution in [0.15, 0.2) is 35.2 Å². The van der Waals surface area contributed by atoms with Crippen LogP contribution < -0.4 is 0 Å². The maximum Gasteiger partial charge on any atom is 0.181 e. The first-order chi connectivity index (χ1) is 8.79. The molecule has 1 N–H and O–H groups in total. The second kappa shape index (κ2) is 4.27. The van der Waals surface area contributed by atoms with E-state index in [2.05, 4.69) is 9.97 Å². The summed E-state index contributed by atoms with van der Waals surface area (Å²) in [6.45, 7) is 0.103. The molecule has 3 rings (SSSR count). The summed E-state index contributed by atoms with van der Waals surface area (Å²) in [5.41, 5.74) is 3.63. The zero-order valence-electron chi connectivity index (χ0n) is 10.00. The molecule has 0 aliphatic rings. The molecule has 0 bridgehead atoms. The van der Waals surface area contributed by atoms with Gasteiger partial charge in [0, 0.05) is 19.0 Å². The molecule has 0 amide bonds. The molecule has 0 spiro atoms. The van der Waals surface area contributed by atoms with E-state index in [-0.39, 0.29) is 6.61 Å². The van der Waals surface area contributed by atoms with Crippen molar-refractivity contribution in [3.05, 3.63) is 36.6 Å². The van der Waals surface area contributed by atoms with Gasteiger partial charge in [-0.3, -0.25) is 0 Å². The summed E-state index contributed by atoms with van der Waals surface area (Å²) >= 11 is 0. The average molecular weight is 243 g/mol. The first-order valence-electron chi connectivity index (χ1n) is 5.74. The first-order valence-corrected chi connectivity index (χ1v) is 5.74. The van der Waals surface area contributed by atoms with Crippen LogP contribution in [0.2, 0.25) is 0 Å². The maximum absolute atomic E-state index is 8.96. The van der Waals surface area contributed by atoms with Crippen molar-refractivity contribution in [1.82, 2.24) is 14.5 Å². The van der Waals surface area contributed by atoms with Crippen LogP contribution in [-0.2, 0) is 13.5 Å². The third kappa shape index (κ3) is 1.69. The van der Waals surface area contributed by atoms with Crippen molar-refractivity contribution in [3.8, 4) is 11.3 Å². The molecule has 5 nitrogen and oxygen atoms in total. The standard InChI is InChI=1S/C13H13N3O2/c1-16-11(7-14-13(16)4-5-17)9-2-3-10-12(6-9)18-8-15-10/h2-3,6-8,17H,4-5H2,1H3. The Morgan fingerprint density at radius 3 is 3.06 bits per heavy atom. The maximum atomic E-state index is 8.96. The van der Waals surface area contributed by atoms with Gasteiger partial charge in [0.2, 0.25) is 0 Å². The van der Waals surface area contributed by atoms with Crippen LogP contribution in [0.4, 0.5) is 0 Å². The van der Waals surface area contributed by atoms with Crippen molar-refractivity contribution in [2.45, 2.75) is 6.42 Å². The van der Waals surface area contributed by atoms with E-state index in [9.17, 15) is 0 Å². The van der Waals surface area contributed by atoms with Crippen molar-refractivity contribution in [3.63, 3.8) is 0 Å². The third-order valence-corrected chi connectivity index (χ3v) is 3.05. The quantitative estimate of drug-likeness (QED) is 0.761. The molecule has 18 heavy (non-hydrogen) atoms. The van der Waals surface area contributed by atoms with Gasteiger partial charge in [-0.1, -0.05) is 6.07 Å². The van der Waals surface area contributed by atoms with E-state index in [0.717, 1.165) is 28.2 Å². The monoisotopic (exact) mass is 243 g/mol. The molecule has 2 aromatic heterocycles. The van der Waals surface area contributed by atoms with Crippen molar-refractivity contribution in [1.29, 1.82) is 0 Å². The van der Waals surface area contributed by atoms with Crippen LogP contribution in [0.3, 0.4) is 0 Å². The van der Waals surface area contributed by atoms with E-state index >= 15 is 0 Å². The summed E-state index contributed by atoms with van der Waals surface area (Å²) in [4.78, 5) is 8.39. The highest BCUT2D eigenvalue weighted by Gasteiger charge is 2.09. The van der Waals surface area contributed by atoms with E-state index in [1.807, 2.05) is 36.0 Å². The number of nitrogens with zero attached hydrogens (tertiary/aromatic N) is 3. The smallest absolute Gasteiger partial charge is 0.181 e. The van der Waals surface area contributed by atoms with Crippen molar-refractivity contribution in [2.75, 3.05) is 6.61 Å². The van der Waals surface area contributed by atoms with Gasteiger partial charge < -0.3 is 14.1 Å². The largest absolute Gasteiger partial charge is 0.443 e. The van der Waals surface area contributed by atoms with Crippen LogP contribution >= 0.6 is 0 Å². The van der Waals surface area contributed by atoms with Crippen LogP contribution in [-0.4, -0.2) is 26.2 Å². The van der Waals surface area contributed by atoms with E-state index in [0.29, 0.717) is 6.42 Å². The minimum Gasteiger partial charge on any atom is -0.443 e. The fourth-order valence-corrected chi connectivity index (χ4v) is 2.06. The van der Waals surface area contributed by atoms with Gasteiger partial charge in [-0.05, 0) is 12.1 Å². The number of rotatable bonds is 3. The zero-order chi connectivity index (χ0) is 12.5. The Bertz CT molecular complexity index is 684. The Kier molecular flexibility index (Phi) is 2.60. The predicted molar refractivity (Wildman–Crippen MR) is 67.0 cm³/mol. The number of aromatic nitrogens is 3. The molecule has 0 unspecified atom stereocenters. The fraction of sp³-hybridized carbons (Fsp3) is 0.231. The third-order valence-electron chi connectivity index (χ3n) is 3.05. The number of aliphatic hydroxyl groups excluding tert-OH is 1. The molecular weight excluding hydrogens is 230 g/mol. The lowest BCUT2D eigenvalue weighted by Crippen LogP contribution is -2.02. The predicted octanol–water partition coefficient (Wildman–Crippen LogP) is 1.76. The molecule has 3 aromatic rings. The van der Waals surface area contributed by atoms with Gasteiger partial charge in [-0.2, -0.15) is 0 Å². The van der Waals surface area contributed by atoms with Gasteiger partial charge in [-0.15, -0.1) is 0 Å². The summed E-state index contributed by atoms with van der Waals surface area (Å²) < 4.78 is 7.27. The van der Waals surface area contributed by atoms with Gasteiger partial charge in [0.05, 0.1) is 18.5 Å².